The van der Waals surface area contributed by atoms with Crippen LogP contribution in [0.25, 0.3) is 6.08 Å². The minimum atomic E-state index is -0.468. The van der Waals surface area contributed by atoms with E-state index in [0.717, 1.165) is 5.76 Å². The molecule has 0 saturated carbocycles. The number of carbonyl (C=O) groups is 2. The number of para-hydroxylation sites is 1. The zero-order chi connectivity index (χ0) is 15.9. The van der Waals surface area contributed by atoms with E-state index in [4.69, 9.17) is 9.15 Å². The molecule has 1 N–H and O–H groups in total. The summed E-state index contributed by atoms with van der Waals surface area (Å²) in [6.07, 6.45) is 2.91. The number of hydrogen-bond acceptors (Lipinski definition) is 4. The Kier molecular flexibility index (Phi) is 5.14. The molecule has 0 aliphatic rings. The third-order valence-electron chi connectivity index (χ3n) is 2.84. The van der Waals surface area contributed by atoms with Crippen LogP contribution in [-0.4, -0.2) is 18.5 Å². The molecule has 0 spiro atoms. The van der Waals surface area contributed by atoms with E-state index in [0.29, 0.717) is 17.0 Å². The molecule has 5 nitrogen and oxygen atoms in total. The van der Waals surface area contributed by atoms with Crippen LogP contribution in [0.2, 0.25) is 0 Å². The summed E-state index contributed by atoms with van der Waals surface area (Å²) in [5, 5.41) is 2.66. The first-order valence-corrected chi connectivity index (χ1v) is 6.92. The maximum atomic E-state index is 11.9. The Morgan fingerprint density at radius 1 is 1.23 bits per heavy atom. The van der Waals surface area contributed by atoms with Gasteiger partial charge in [-0.3, -0.25) is 4.79 Å². The number of carbonyl (C=O) groups excluding carboxylic acids is 2. The monoisotopic (exact) mass is 299 g/mol. The molecular formula is C17H17NO4. The molecule has 0 aliphatic carbocycles. The summed E-state index contributed by atoms with van der Waals surface area (Å²) in [6, 6.07) is 10.3. The third kappa shape index (κ3) is 4.09. The molecule has 5 heteroatoms. The summed E-state index contributed by atoms with van der Waals surface area (Å²) < 4.78 is 10.3. The molecule has 2 rings (SSSR count). The van der Waals surface area contributed by atoms with Crippen LogP contribution in [-0.2, 0) is 9.53 Å². The number of benzene rings is 1. The molecule has 22 heavy (non-hydrogen) atoms. The van der Waals surface area contributed by atoms with Crippen LogP contribution in [0.4, 0.5) is 5.69 Å². The van der Waals surface area contributed by atoms with Crippen molar-refractivity contribution in [2.45, 2.75) is 13.8 Å². The third-order valence-corrected chi connectivity index (χ3v) is 2.84. The van der Waals surface area contributed by atoms with Gasteiger partial charge in [-0.1, -0.05) is 12.1 Å². The number of ether oxygens (including phenoxy) is 1. The molecular weight excluding hydrogens is 282 g/mol. The summed E-state index contributed by atoms with van der Waals surface area (Å²) in [6.45, 7) is 3.83. The minimum absolute atomic E-state index is 0.277. The van der Waals surface area contributed by atoms with E-state index >= 15 is 0 Å². The Labute approximate surface area is 128 Å². The lowest BCUT2D eigenvalue weighted by Crippen LogP contribution is -2.13. The molecule has 114 valence electrons. The SMILES string of the molecule is CCOC(=O)c1ccccc1NC(=O)/C=C/c1ccc(C)o1. The van der Waals surface area contributed by atoms with Gasteiger partial charge in [0.05, 0.1) is 17.9 Å². The molecule has 1 heterocycles. The molecule has 2 aromatic rings. The highest BCUT2D eigenvalue weighted by atomic mass is 16.5. The van der Waals surface area contributed by atoms with Gasteiger partial charge in [-0.25, -0.2) is 4.79 Å². The van der Waals surface area contributed by atoms with E-state index in [2.05, 4.69) is 5.32 Å². The van der Waals surface area contributed by atoms with Crippen molar-refractivity contribution < 1.29 is 18.7 Å². The van der Waals surface area contributed by atoms with Crippen molar-refractivity contribution in [1.29, 1.82) is 0 Å². The maximum Gasteiger partial charge on any atom is 0.340 e. The van der Waals surface area contributed by atoms with Gasteiger partial charge in [0.15, 0.2) is 0 Å². The van der Waals surface area contributed by atoms with Crippen molar-refractivity contribution in [3.8, 4) is 0 Å². The van der Waals surface area contributed by atoms with Crippen molar-refractivity contribution in [3.63, 3.8) is 0 Å². The Bertz CT molecular complexity index is 700. The number of esters is 1. The van der Waals surface area contributed by atoms with Gasteiger partial charge in [0.25, 0.3) is 0 Å². The van der Waals surface area contributed by atoms with Crippen molar-refractivity contribution in [1.82, 2.24) is 0 Å². The quantitative estimate of drug-likeness (QED) is 0.678. The molecule has 0 aliphatic heterocycles. The van der Waals surface area contributed by atoms with E-state index in [1.807, 2.05) is 13.0 Å². The van der Waals surface area contributed by atoms with E-state index in [1.54, 1.807) is 43.3 Å². The second kappa shape index (κ2) is 7.26. The molecule has 0 bridgehead atoms. The number of hydrogen-bond donors (Lipinski definition) is 1. The predicted molar refractivity (Wildman–Crippen MR) is 83.5 cm³/mol. The number of nitrogens with one attached hydrogen (secondary N) is 1. The largest absolute Gasteiger partial charge is 0.462 e. The molecule has 0 unspecified atom stereocenters. The highest BCUT2D eigenvalue weighted by Crippen LogP contribution is 2.16. The summed E-state index contributed by atoms with van der Waals surface area (Å²) in [4.78, 5) is 23.8. The number of anilines is 1. The number of aryl methyl sites for hydroxylation is 1. The molecule has 1 aromatic carbocycles. The molecule has 1 aromatic heterocycles. The fraction of sp³-hybridized carbons (Fsp3) is 0.176. The van der Waals surface area contributed by atoms with Crippen LogP contribution >= 0.6 is 0 Å². The average Bonchev–Trinajstić information content (AvgIpc) is 2.91. The summed E-state index contributed by atoms with van der Waals surface area (Å²) >= 11 is 0. The van der Waals surface area contributed by atoms with Gasteiger partial charge < -0.3 is 14.5 Å². The highest BCUT2D eigenvalue weighted by molar-refractivity contribution is 6.06. The van der Waals surface area contributed by atoms with Gasteiger partial charge in [0, 0.05) is 6.08 Å². The predicted octanol–water partition coefficient (Wildman–Crippen LogP) is 3.42. The minimum Gasteiger partial charge on any atom is -0.462 e. The zero-order valence-corrected chi connectivity index (χ0v) is 12.5. The first kappa shape index (κ1) is 15.6. The van der Waals surface area contributed by atoms with Crippen LogP contribution in [0, 0.1) is 6.92 Å². The van der Waals surface area contributed by atoms with Crippen LogP contribution < -0.4 is 5.32 Å². The highest BCUT2D eigenvalue weighted by Gasteiger charge is 2.12. The van der Waals surface area contributed by atoms with Crippen LogP contribution in [0.15, 0.2) is 46.9 Å². The summed E-state index contributed by atoms with van der Waals surface area (Å²) in [5.41, 5.74) is 0.728. The fourth-order valence-electron chi connectivity index (χ4n) is 1.85. The van der Waals surface area contributed by atoms with Crippen LogP contribution in [0.1, 0.15) is 28.8 Å². The van der Waals surface area contributed by atoms with Crippen molar-refractivity contribution >= 4 is 23.6 Å². The van der Waals surface area contributed by atoms with Gasteiger partial charge in [0.1, 0.15) is 11.5 Å². The molecule has 0 atom stereocenters. The van der Waals surface area contributed by atoms with E-state index in [-0.39, 0.29) is 12.5 Å². The van der Waals surface area contributed by atoms with Gasteiger partial charge in [-0.05, 0) is 44.2 Å². The number of amides is 1. The molecule has 0 radical (unpaired) electrons. The molecule has 1 amide bonds. The molecule has 0 saturated heterocycles. The van der Waals surface area contributed by atoms with E-state index < -0.39 is 5.97 Å². The second-order valence-electron chi connectivity index (χ2n) is 4.54. The second-order valence-corrected chi connectivity index (χ2v) is 4.54. The lowest BCUT2D eigenvalue weighted by atomic mass is 10.2. The van der Waals surface area contributed by atoms with Gasteiger partial charge in [0.2, 0.25) is 5.91 Å². The first-order valence-electron chi connectivity index (χ1n) is 6.92. The topological polar surface area (TPSA) is 68.5 Å². The number of rotatable bonds is 5. The average molecular weight is 299 g/mol. The summed E-state index contributed by atoms with van der Waals surface area (Å²) in [5.74, 6) is 0.536. The first-order chi connectivity index (χ1) is 10.6. The Morgan fingerprint density at radius 2 is 2.00 bits per heavy atom. The Hall–Kier alpha value is -2.82. The van der Waals surface area contributed by atoms with Crippen molar-refractivity contribution in [2.75, 3.05) is 11.9 Å². The lowest BCUT2D eigenvalue weighted by Gasteiger charge is -2.08. The Morgan fingerprint density at radius 3 is 2.68 bits per heavy atom. The van der Waals surface area contributed by atoms with E-state index in [1.165, 1.54) is 6.08 Å². The van der Waals surface area contributed by atoms with Gasteiger partial charge >= 0.3 is 5.97 Å². The zero-order valence-electron chi connectivity index (χ0n) is 12.5. The van der Waals surface area contributed by atoms with Crippen LogP contribution in [0.3, 0.4) is 0 Å². The van der Waals surface area contributed by atoms with Crippen molar-refractivity contribution in [2.24, 2.45) is 0 Å². The summed E-state index contributed by atoms with van der Waals surface area (Å²) in [7, 11) is 0. The van der Waals surface area contributed by atoms with Gasteiger partial charge in [-0.15, -0.1) is 0 Å². The normalized spacial score (nSPS) is 10.6. The number of furan rings is 1. The Balaban J connectivity index is 2.08. The fourth-order valence-corrected chi connectivity index (χ4v) is 1.85. The smallest absolute Gasteiger partial charge is 0.340 e. The van der Waals surface area contributed by atoms with E-state index in [9.17, 15) is 9.59 Å². The molecule has 0 fully saturated rings. The van der Waals surface area contributed by atoms with Gasteiger partial charge in [-0.2, -0.15) is 0 Å². The standard InChI is InChI=1S/C17H17NO4/c1-3-21-17(20)14-6-4-5-7-15(14)18-16(19)11-10-13-9-8-12(2)22-13/h4-11H,3H2,1-2H3,(H,18,19)/b11-10+. The lowest BCUT2D eigenvalue weighted by molar-refractivity contribution is -0.111. The van der Waals surface area contributed by atoms with Crippen molar-refractivity contribution in [3.05, 3.63) is 59.6 Å². The van der Waals surface area contributed by atoms with Crippen LogP contribution in [0.5, 0.6) is 0 Å². The maximum absolute atomic E-state index is 11.9.